The summed E-state index contributed by atoms with van der Waals surface area (Å²) in [6.45, 7) is 0. The summed E-state index contributed by atoms with van der Waals surface area (Å²) >= 11 is 7.65. The second kappa shape index (κ2) is 10.5. The van der Waals surface area contributed by atoms with E-state index in [4.69, 9.17) is 17.2 Å². The van der Waals surface area contributed by atoms with Crippen LogP contribution in [0.25, 0.3) is 92.2 Å². The van der Waals surface area contributed by atoms with Gasteiger partial charge in [0.1, 0.15) is 4.64 Å². The Hall–Kier alpha value is -6.08. The molecule has 50 heavy (non-hydrogen) atoms. The number of benzene rings is 7. The van der Waals surface area contributed by atoms with Crippen LogP contribution in [0.5, 0.6) is 0 Å². The molecule has 0 aliphatic rings. The molecule has 0 aliphatic carbocycles. The van der Waals surface area contributed by atoms with Crippen LogP contribution in [0.1, 0.15) is 0 Å². The fraction of sp³-hybridized carbons (Fsp3) is 0. The summed E-state index contributed by atoms with van der Waals surface area (Å²) in [4.78, 5) is 5.88. The fourth-order valence-electron chi connectivity index (χ4n) is 7.84. The van der Waals surface area contributed by atoms with Gasteiger partial charge in [-0.15, -0.1) is 0 Å². The van der Waals surface area contributed by atoms with E-state index in [9.17, 15) is 0 Å². The molecular weight excluding hydrogens is 649 g/mol. The third kappa shape index (κ3) is 3.91. The number of nitrogens with zero attached hydrogens (tertiary/aromatic N) is 4. The van der Waals surface area contributed by atoms with Crippen LogP contribution in [0.3, 0.4) is 0 Å². The van der Waals surface area contributed by atoms with Gasteiger partial charge in [-0.25, -0.2) is 4.98 Å². The first-order chi connectivity index (χ1) is 24.7. The van der Waals surface area contributed by atoms with Crippen molar-refractivity contribution in [2.24, 2.45) is 0 Å². The minimum absolute atomic E-state index is 0.803. The third-order valence-electron chi connectivity index (χ3n) is 10.1. The molecule has 0 radical (unpaired) electrons. The highest BCUT2D eigenvalue weighted by Gasteiger charge is 2.17. The highest BCUT2D eigenvalue weighted by atomic mass is 32.1. The van der Waals surface area contributed by atoms with Crippen LogP contribution in [-0.4, -0.2) is 18.5 Å². The standard InChI is InChI=1S/C44H26N4S2/c49-43-33-14-4-7-15-36(33)45-44-48(43)41-23-20-30(26-42(41)50-44)47-38-17-9-6-13-32(38)35-25-28(19-22-40(35)47)27-18-21-39-34(24-27)31-12-5-8-16-37(31)46(39)29-10-2-1-3-11-29/h1-26H. The second-order valence-corrected chi connectivity index (χ2v) is 14.2. The maximum Gasteiger partial charge on any atom is 0.196 e. The molecule has 0 amide bonds. The van der Waals surface area contributed by atoms with Gasteiger partial charge in [0.05, 0.1) is 37.8 Å². The molecule has 0 aliphatic heterocycles. The Bertz CT molecular complexity index is 3230. The van der Waals surface area contributed by atoms with Crippen molar-refractivity contribution >= 4 is 93.2 Å². The smallest absolute Gasteiger partial charge is 0.196 e. The minimum Gasteiger partial charge on any atom is -0.309 e. The van der Waals surface area contributed by atoms with E-state index in [0.717, 1.165) is 36.4 Å². The van der Waals surface area contributed by atoms with Gasteiger partial charge in [-0.3, -0.25) is 4.40 Å². The molecule has 7 aromatic carbocycles. The molecule has 6 heteroatoms. The van der Waals surface area contributed by atoms with Crippen LogP contribution in [0.15, 0.2) is 158 Å². The fourth-order valence-corrected chi connectivity index (χ4v) is 9.32. The highest BCUT2D eigenvalue weighted by Crippen LogP contribution is 2.39. The first kappa shape index (κ1) is 27.8. The van der Waals surface area contributed by atoms with E-state index < -0.39 is 0 Å². The monoisotopic (exact) mass is 674 g/mol. The van der Waals surface area contributed by atoms with Gasteiger partial charge in [0, 0.05) is 38.3 Å². The van der Waals surface area contributed by atoms with Crippen molar-refractivity contribution in [1.82, 2.24) is 18.5 Å². The van der Waals surface area contributed by atoms with E-state index >= 15 is 0 Å². The third-order valence-corrected chi connectivity index (χ3v) is 11.5. The highest BCUT2D eigenvalue weighted by molar-refractivity contribution is 7.71. The van der Waals surface area contributed by atoms with Crippen molar-refractivity contribution in [1.29, 1.82) is 0 Å². The molecule has 0 atom stereocenters. The molecule has 11 rings (SSSR count). The lowest BCUT2D eigenvalue weighted by atomic mass is 10.0. The van der Waals surface area contributed by atoms with Gasteiger partial charge in [0.2, 0.25) is 0 Å². The Labute approximate surface area is 295 Å². The average Bonchev–Trinajstić information content (AvgIpc) is 3.82. The van der Waals surface area contributed by atoms with Crippen LogP contribution in [0.2, 0.25) is 0 Å². The first-order valence-corrected chi connectivity index (χ1v) is 17.9. The molecule has 0 unspecified atom stereocenters. The number of rotatable bonds is 3. The predicted molar refractivity (Wildman–Crippen MR) is 213 cm³/mol. The average molecular weight is 675 g/mol. The molecule has 0 spiro atoms. The summed E-state index contributed by atoms with van der Waals surface area (Å²) < 4.78 is 8.83. The number of hydrogen-bond acceptors (Lipinski definition) is 3. The molecule has 234 valence electrons. The molecular formula is C44H26N4S2. The Morgan fingerprint density at radius 2 is 0.980 bits per heavy atom. The van der Waals surface area contributed by atoms with E-state index in [1.54, 1.807) is 11.3 Å². The Morgan fingerprint density at radius 3 is 1.66 bits per heavy atom. The van der Waals surface area contributed by atoms with Crippen LogP contribution in [0, 0.1) is 4.64 Å². The summed E-state index contributed by atoms with van der Waals surface area (Å²) in [5, 5.41) is 5.98. The van der Waals surface area contributed by atoms with Crippen molar-refractivity contribution < 1.29 is 0 Å². The van der Waals surface area contributed by atoms with Crippen molar-refractivity contribution in [3.63, 3.8) is 0 Å². The maximum absolute atomic E-state index is 5.96. The number of fused-ring (bicyclic) bond motifs is 10. The summed E-state index contributed by atoms with van der Waals surface area (Å²) in [5.41, 5.74) is 11.5. The van der Waals surface area contributed by atoms with Crippen LogP contribution in [0.4, 0.5) is 0 Å². The quantitative estimate of drug-likeness (QED) is 0.174. The maximum atomic E-state index is 5.96. The lowest BCUT2D eigenvalue weighted by Gasteiger charge is -2.09. The van der Waals surface area contributed by atoms with Gasteiger partial charge >= 0.3 is 0 Å². The molecule has 4 aromatic heterocycles. The Morgan fingerprint density at radius 1 is 0.440 bits per heavy atom. The topological polar surface area (TPSA) is 27.2 Å². The van der Waals surface area contributed by atoms with Crippen molar-refractivity contribution in [3.05, 3.63) is 162 Å². The van der Waals surface area contributed by atoms with E-state index in [2.05, 4.69) is 153 Å². The minimum atomic E-state index is 0.803. The Balaban J connectivity index is 1.09. The van der Waals surface area contributed by atoms with Crippen molar-refractivity contribution in [2.45, 2.75) is 0 Å². The van der Waals surface area contributed by atoms with Gasteiger partial charge in [-0.1, -0.05) is 102 Å². The van der Waals surface area contributed by atoms with Crippen LogP contribution >= 0.6 is 23.6 Å². The number of hydrogen-bond donors (Lipinski definition) is 0. The van der Waals surface area contributed by atoms with E-state index in [-0.39, 0.29) is 0 Å². The van der Waals surface area contributed by atoms with E-state index in [1.165, 1.54) is 60.4 Å². The second-order valence-electron chi connectivity index (χ2n) is 12.8. The zero-order valence-corrected chi connectivity index (χ0v) is 28.2. The molecule has 0 saturated carbocycles. The largest absolute Gasteiger partial charge is 0.309 e. The van der Waals surface area contributed by atoms with Gasteiger partial charge in [0.15, 0.2) is 4.96 Å². The number of aromatic nitrogens is 4. The molecule has 0 bridgehead atoms. The van der Waals surface area contributed by atoms with E-state index in [0.29, 0.717) is 0 Å². The first-order valence-electron chi connectivity index (χ1n) is 16.7. The van der Waals surface area contributed by atoms with Gasteiger partial charge < -0.3 is 9.13 Å². The van der Waals surface area contributed by atoms with Gasteiger partial charge in [0.25, 0.3) is 0 Å². The van der Waals surface area contributed by atoms with Gasteiger partial charge in [-0.05, 0) is 90.0 Å². The lowest BCUT2D eigenvalue weighted by Crippen LogP contribution is -1.94. The van der Waals surface area contributed by atoms with E-state index in [1.807, 2.05) is 18.2 Å². The molecule has 0 N–H and O–H groups in total. The molecule has 4 heterocycles. The van der Waals surface area contributed by atoms with Crippen LogP contribution in [-0.2, 0) is 0 Å². The normalized spacial score (nSPS) is 12.1. The zero-order valence-electron chi connectivity index (χ0n) is 26.6. The summed E-state index contributed by atoms with van der Waals surface area (Å²) in [6, 6.07) is 56.7. The van der Waals surface area contributed by atoms with Crippen molar-refractivity contribution in [2.75, 3.05) is 0 Å². The SMILES string of the molecule is S=c1c2ccccc2nc2sc3cc(-n4c5ccccc5c5cc(-c6ccc7c(c6)c6ccccc6n7-c6ccccc6)ccc54)ccc3n12. The molecule has 0 fully saturated rings. The molecule has 4 nitrogen and oxygen atoms in total. The molecule has 11 aromatic rings. The van der Waals surface area contributed by atoms with Gasteiger partial charge in [-0.2, -0.15) is 0 Å². The summed E-state index contributed by atoms with van der Waals surface area (Å²) in [5.74, 6) is 0. The van der Waals surface area contributed by atoms with Crippen molar-refractivity contribution in [3.8, 4) is 22.5 Å². The predicted octanol–water partition coefficient (Wildman–Crippen LogP) is 12.3. The summed E-state index contributed by atoms with van der Waals surface area (Å²) in [7, 11) is 0. The lowest BCUT2D eigenvalue weighted by molar-refractivity contribution is 1.17. The Kier molecular flexibility index (Phi) is 5.82. The summed E-state index contributed by atoms with van der Waals surface area (Å²) in [6.07, 6.45) is 0. The zero-order chi connectivity index (χ0) is 32.9. The van der Waals surface area contributed by atoms with Crippen LogP contribution < -0.4 is 0 Å². The number of thiazole rings is 1. The molecule has 0 saturated heterocycles. The number of para-hydroxylation sites is 4.